The number of aromatic carboxylic acids is 1. The Hall–Kier alpha value is -2.04. The Labute approximate surface area is 117 Å². The van der Waals surface area contributed by atoms with E-state index in [0.717, 1.165) is 19.4 Å². The average molecular weight is 274 g/mol. The van der Waals surface area contributed by atoms with Gasteiger partial charge < -0.3 is 15.3 Å². The van der Waals surface area contributed by atoms with Crippen molar-refractivity contribution in [1.29, 1.82) is 0 Å². The number of amides is 2. The van der Waals surface area contributed by atoms with Crippen LogP contribution < -0.4 is 5.32 Å². The van der Waals surface area contributed by atoms with Crippen molar-refractivity contribution in [1.82, 2.24) is 4.90 Å². The molecule has 0 radical (unpaired) electrons. The van der Waals surface area contributed by atoms with Crippen LogP contribution >= 0.6 is 0 Å². The lowest BCUT2D eigenvalue weighted by Gasteiger charge is -2.27. The van der Waals surface area contributed by atoms with Crippen LogP contribution in [-0.2, 0) is 0 Å². The number of carbonyl (C=O) groups is 2. The molecule has 2 amide bonds. The van der Waals surface area contributed by atoms with Gasteiger partial charge in [0.05, 0.1) is 11.3 Å². The van der Waals surface area contributed by atoms with Crippen molar-refractivity contribution in [2.45, 2.75) is 32.2 Å². The molecule has 2 fully saturated rings. The molecule has 1 saturated heterocycles. The maximum Gasteiger partial charge on any atom is 0.338 e. The van der Waals surface area contributed by atoms with Gasteiger partial charge in [-0.25, -0.2) is 9.59 Å². The maximum atomic E-state index is 12.3. The molecule has 2 aliphatic rings. The fourth-order valence-corrected chi connectivity index (χ4v) is 3.42. The smallest absolute Gasteiger partial charge is 0.338 e. The van der Waals surface area contributed by atoms with Gasteiger partial charge in [-0.3, -0.25) is 0 Å². The van der Waals surface area contributed by atoms with Crippen molar-refractivity contribution in [3.8, 4) is 0 Å². The summed E-state index contributed by atoms with van der Waals surface area (Å²) >= 11 is 0. The summed E-state index contributed by atoms with van der Waals surface area (Å²) < 4.78 is 0. The van der Waals surface area contributed by atoms with Crippen molar-refractivity contribution in [3.63, 3.8) is 0 Å². The van der Waals surface area contributed by atoms with E-state index in [2.05, 4.69) is 5.32 Å². The number of hydrogen-bond donors (Lipinski definition) is 2. The molecule has 2 unspecified atom stereocenters. The van der Waals surface area contributed by atoms with Gasteiger partial charge in [-0.15, -0.1) is 0 Å². The van der Waals surface area contributed by atoms with E-state index in [4.69, 9.17) is 0 Å². The first-order chi connectivity index (χ1) is 9.56. The van der Waals surface area contributed by atoms with E-state index in [0.29, 0.717) is 23.2 Å². The molecule has 2 bridgehead atoms. The summed E-state index contributed by atoms with van der Waals surface area (Å²) in [5.74, 6) is -0.386. The molecule has 2 N–H and O–H groups in total. The largest absolute Gasteiger partial charge is 0.478 e. The Morgan fingerprint density at radius 1 is 1.35 bits per heavy atom. The van der Waals surface area contributed by atoms with Crippen LogP contribution in [0.5, 0.6) is 0 Å². The number of urea groups is 1. The second kappa shape index (κ2) is 4.81. The highest BCUT2D eigenvalue weighted by molar-refractivity contribution is 6.01. The van der Waals surface area contributed by atoms with Gasteiger partial charge in [0.2, 0.25) is 0 Å². The van der Waals surface area contributed by atoms with Crippen LogP contribution in [0, 0.1) is 12.8 Å². The molecule has 20 heavy (non-hydrogen) atoms. The first-order valence-electron chi connectivity index (χ1n) is 6.97. The van der Waals surface area contributed by atoms with Crippen LogP contribution in [0.25, 0.3) is 0 Å². The summed E-state index contributed by atoms with van der Waals surface area (Å²) in [5, 5.41) is 12.0. The summed E-state index contributed by atoms with van der Waals surface area (Å²) in [5.41, 5.74) is 1.20. The molecule has 5 heteroatoms. The maximum absolute atomic E-state index is 12.3. The van der Waals surface area contributed by atoms with Crippen LogP contribution in [0.3, 0.4) is 0 Å². The van der Waals surface area contributed by atoms with Gasteiger partial charge in [0.1, 0.15) is 0 Å². The second-order valence-corrected chi connectivity index (χ2v) is 5.72. The zero-order valence-electron chi connectivity index (χ0n) is 11.4. The Morgan fingerprint density at radius 2 is 2.15 bits per heavy atom. The minimum absolute atomic E-state index is 0.171. The lowest BCUT2D eigenvalue weighted by Crippen LogP contribution is -2.40. The van der Waals surface area contributed by atoms with E-state index < -0.39 is 5.97 Å². The Morgan fingerprint density at radius 3 is 2.75 bits per heavy atom. The summed E-state index contributed by atoms with van der Waals surface area (Å²) in [4.78, 5) is 25.5. The molecule has 1 aliphatic heterocycles. The number of piperidine rings is 1. The monoisotopic (exact) mass is 274 g/mol. The van der Waals surface area contributed by atoms with Crippen molar-refractivity contribution < 1.29 is 14.7 Å². The van der Waals surface area contributed by atoms with Crippen molar-refractivity contribution >= 4 is 17.7 Å². The van der Waals surface area contributed by atoms with Gasteiger partial charge >= 0.3 is 12.0 Å². The van der Waals surface area contributed by atoms with Crippen molar-refractivity contribution in [2.75, 3.05) is 11.9 Å². The molecule has 1 aliphatic carbocycles. The molecule has 3 rings (SSSR count). The van der Waals surface area contributed by atoms with Crippen molar-refractivity contribution in [2.24, 2.45) is 5.92 Å². The predicted molar refractivity (Wildman–Crippen MR) is 75.0 cm³/mol. The van der Waals surface area contributed by atoms with E-state index in [-0.39, 0.29) is 11.6 Å². The fraction of sp³-hybridized carbons (Fsp3) is 0.467. The van der Waals surface area contributed by atoms with E-state index in [1.54, 1.807) is 25.1 Å². The molecule has 1 heterocycles. The Balaban J connectivity index is 1.80. The number of carboxylic acids is 1. The van der Waals surface area contributed by atoms with E-state index >= 15 is 0 Å². The standard InChI is InChI=1S/C15H18N2O3/c1-9-3-2-4-12(13(9)14(18)19)16-15(20)17-8-10-5-6-11(17)7-10/h2-4,10-11H,5-8H2,1H3,(H,16,20)(H,18,19). The number of nitrogens with one attached hydrogen (secondary N) is 1. The minimum atomic E-state index is -1.01. The van der Waals surface area contributed by atoms with Gasteiger partial charge in [-0.05, 0) is 43.7 Å². The van der Waals surface area contributed by atoms with Crippen LogP contribution in [0.2, 0.25) is 0 Å². The molecule has 1 saturated carbocycles. The zero-order valence-corrected chi connectivity index (χ0v) is 11.4. The van der Waals surface area contributed by atoms with Crippen LogP contribution in [-0.4, -0.2) is 34.6 Å². The number of rotatable bonds is 2. The van der Waals surface area contributed by atoms with E-state index in [1.165, 1.54) is 6.42 Å². The summed E-state index contributed by atoms with van der Waals surface area (Å²) in [6.45, 7) is 2.53. The lowest BCUT2D eigenvalue weighted by atomic mass is 10.1. The Kier molecular flexibility index (Phi) is 3.12. The van der Waals surface area contributed by atoms with Crippen LogP contribution in [0.15, 0.2) is 18.2 Å². The first-order valence-corrected chi connectivity index (χ1v) is 6.97. The highest BCUT2D eigenvalue weighted by atomic mass is 16.4. The number of anilines is 1. The van der Waals surface area contributed by atoms with E-state index in [9.17, 15) is 14.7 Å². The van der Waals surface area contributed by atoms with E-state index in [1.807, 2.05) is 4.90 Å². The molecule has 0 aromatic heterocycles. The number of aryl methyl sites for hydroxylation is 1. The third-order valence-electron chi connectivity index (χ3n) is 4.40. The van der Waals surface area contributed by atoms with Gasteiger partial charge in [0, 0.05) is 12.6 Å². The van der Waals surface area contributed by atoms with Crippen molar-refractivity contribution in [3.05, 3.63) is 29.3 Å². The Bertz CT molecular complexity index is 570. The number of fused-ring (bicyclic) bond motifs is 2. The normalized spacial score (nSPS) is 23.9. The van der Waals surface area contributed by atoms with Crippen LogP contribution in [0.4, 0.5) is 10.5 Å². The molecule has 1 aromatic carbocycles. The number of benzene rings is 1. The number of likely N-dealkylation sites (tertiary alicyclic amines) is 1. The predicted octanol–water partition coefficient (Wildman–Crippen LogP) is 2.71. The second-order valence-electron chi connectivity index (χ2n) is 5.72. The SMILES string of the molecule is Cc1cccc(NC(=O)N2CC3CCC2C3)c1C(=O)O. The molecule has 5 nitrogen and oxygen atoms in total. The molecular formula is C15H18N2O3. The topological polar surface area (TPSA) is 69.6 Å². The fourth-order valence-electron chi connectivity index (χ4n) is 3.42. The number of nitrogens with zero attached hydrogens (tertiary/aromatic N) is 1. The quantitative estimate of drug-likeness (QED) is 0.871. The summed E-state index contributed by atoms with van der Waals surface area (Å²) in [6, 6.07) is 5.29. The van der Waals surface area contributed by atoms with Crippen LogP contribution in [0.1, 0.15) is 35.2 Å². The minimum Gasteiger partial charge on any atom is -0.478 e. The lowest BCUT2D eigenvalue weighted by molar-refractivity contribution is 0.0697. The highest BCUT2D eigenvalue weighted by Crippen LogP contribution is 2.37. The number of hydrogen-bond acceptors (Lipinski definition) is 2. The molecule has 106 valence electrons. The first kappa shape index (κ1) is 13.0. The molecular weight excluding hydrogens is 256 g/mol. The third-order valence-corrected chi connectivity index (χ3v) is 4.40. The van der Waals surface area contributed by atoms with Gasteiger partial charge in [0.25, 0.3) is 0 Å². The summed E-state index contributed by atoms with van der Waals surface area (Å²) in [6.07, 6.45) is 3.37. The summed E-state index contributed by atoms with van der Waals surface area (Å²) in [7, 11) is 0. The molecule has 2 atom stereocenters. The molecule has 0 spiro atoms. The number of carboxylic acid groups (broad SMARTS) is 1. The highest BCUT2D eigenvalue weighted by Gasteiger charge is 2.40. The van der Waals surface area contributed by atoms with Gasteiger partial charge in [0.15, 0.2) is 0 Å². The third kappa shape index (κ3) is 2.13. The zero-order chi connectivity index (χ0) is 14.3. The van der Waals surface area contributed by atoms with Gasteiger partial charge in [-0.1, -0.05) is 12.1 Å². The van der Waals surface area contributed by atoms with Gasteiger partial charge in [-0.2, -0.15) is 0 Å². The number of carbonyl (C=O) groups excluding carboxylic acids is 1. The molecule has 1 aromatic rings. The average Bonchev–Trinajstić information content (AvgIpc) is 3.00.